The molecule has 2 heterocycles. The number of hydrogen-bond donors (Lipinski definition) is 1. The third kappa shape index (κ3) is 3.57. The van der Waals surface area contributed by atoms with Crippen LogP contribution in [0.5, 0.6) is 11.5 Å². The first-order chi connectivity index (χ1) is 11.3. The number of likely N-dealkylation sites (tertiary alicyclic amines) is 1. The molecule has 0 saturated carbocycles. The average molecular weight is 313 g/mol. The minimum absolute atomic E-state index is 0.146. The first-order valence-corrected chi connectivity index (χ1v) is 7.79. The Hall–Kier alpha value is -2.68. The summed E-state index contributed by atoms with van der Waals surface area (Å²) in [6, 6.07) is 7.66. The normalized spacial score (nSPS) is 16.8. The molecule has 0 spiro atoms. The summed E-state index contributed by atoms with van der Waals surface area (Å²) in [7, 11) is 0. The fourth-order valence-electron chi connectivity index (χ4n) is 2.73. The van der Waals surface area contributed by atoms with E-state index in [1.165, 1.54) is 6.20 Å². The highest BCUT2D eigenvalue weighted by Gasteiger charge is 2.20. The van der Waals surface area contributed by atoms with Gasteiger partial charge in [-0.3, -0.25) is 4.79 Å². The number of benzene rings is 1. The standard InChI is InChI=1S/C17H19N3O3/c18-9-14(17(21)20-6-2-1-3-7-20)11-19-10-13-4-5-15-16(8-13)23-12-22-15/h4-5,8,11,19H,1-3,6-7,10,12H2/b14-11-. The monoisotopic (exact) mass is 313 g/mol. The van der Waals surface area contributed by atoms with E-state index >= 15 is 0 Å². The van der Waals surface area contributed by atoms with Crippen molar-refractivity contribution >= 4 is 5.91 Å². The molecule has 6 nitrogen and oxygen atoms in total. The van der Waals surface area contributed by atoms with Crippen molar-refractivity contribution in [1.29, 1.82) is 5.26 Å². The summed E-state index contributed by atoms with van der Waals surface area (Å²) in [6.45, 7) is 2.23. The predicted molar refractivity (Wildman–Crippen MR) is 83.5 cm³/mol. The molecule has 0 bridgehead atoms. The summed E-state index contributed by atoms with van der Waals surface area (Å²) < 4.78 is 10.6. The molecule has 23 heavy (non-hydrogen) atoms. The zero-order valence-corrected chi connectivity index (χ0v) is 12.9. The smallest absolute Gasteiger partial charge is 0.265 e. The average Bonchev–Trinajstić information content (AvgIpc) is 3.07. The Balaban J connectivity index is 1.59. The summed E-state index contributed by atoms with van der Waals surface area (Å²) in [6.07, 6.45) is 4.67. The van der Waals surface area contributed by atoms with E-state index in [0.29, 0.717) is 6.54 Å². The molecule has 2 aliphatic rings. The maximum absolute atomic E-state index is 12.3. The van der Waals surface area contributed by atoms with Crippen LogP contribution in [-0.2, 0) is 11.3 Å². The first kappa shape index (κ1) is 15.2. The Labute approximate surface area is 135 Å². The van der Waals surface area contributed by atoms with Crippen molar-refractivity contribution < 1.29 is 14.3 Å². The number of piperidine rings is 1. The number of amides is 1. The van der Waals surface area contributed by atoms with E-state index in [4.69, 9.17) is 9.47 Å². The molecular weight excluding hydrogens is 294 g/mol. The van der Waals surface area contributed by atoms with Gasteiger partial charge in [-0.05, 0) is 37.0 Å². The van der Waals surface area contributed by atoms with E-state index in [-0.39, 0.29) is 18.3 Å². The number of rotatable bonds is 4. The van der Waals surface area contributed by atoms with Crippen LogP contribution < -0.4 is 14.8 Å². The quantitative estimate of drug-likeness (QED) is 0.679. The van der Waals surface area contributed by atoms with Crippen LogP contribution in [0.4, 0.5) is 0 Å². The third-order valence-corrected chi connectivity index (χ3v) is 3.98. The molecule has 3 rings (SSSR count). The number of nitrogens with one attached hydrogen (secondary N) is 1. The maximum atomic E-state index is 12.3. The molecule has 1 amide bonds. The molecule has 120 valence electrons. The van der Waals surface area contributed by atoms with Crippen molar-refractivity contribution in [1.82, 2.24) is 10.2 Å². The molecule has 0 aliphatic carbocycles. The number of carbonyl (C=O) groups excluding carboxylic acids is 1. The van der Waals surface area contributed by atoms with Crippen molar-refractivity contribution in [2.45, 2.75) is 25.8 Å². The molecule has 0 radical (unpaired) electrons. The van der Waals surface area contributed by atoms with Gasteiger partial charge in [-0.15, -0.1) is 0 Å². The second kappa shape index (κ2) is 7.05. The topological polar surface area (TPSA) is 74.6 Å². The fraction of sp³-hybridized carbons (Fsp3) is 0.412. The van der Waals surface area contributed by atoms with Gasteiger partial charge in [0.2, 0.25) is 6.79 Å². The van der Waals surface area contributed by atoms with Crippen LogP contribution >= 0.6 is 0 Å². The number of ether oxygens (including phenoxy) is 2. The van der Waals surface area contributed by atoms with Gasteiger partial charge in [0.15, 0.2) is 11.5 Å². The summed E-state index contributed by atoms with van der Waals surface area (Å²) in [5, 5.41) is 12.2. The summed E-state index contributed by atoms with van der Waals surface area (Å²) in [4.78, 5) is 14.0. The predicted octanol–water partition coefficient (Wildman–Crippen LogP) is 1.92. The van der Waals surface area contributed by atoms with E-state index in [0.717, 1.165) is 49.4 Å². The van der Waals surface area contributed by atoms with E-state index in [2.05, 4.69) is 5.32 Å². The zero-order valence-electron chi connectivity index (χ0n) is 12.9. The van der Waals surface area contributed by atoms with Crippen molar-refractivity contribution in [3.63, 3.8) is 0 Å². The molecule has 6 heteroatoms. The van der Waals surface area contributed by atoms with E-state index in [1.54, 1.807) is 4.90 Å². The van der Waals surface area contributed by atoms with Gasteiger partial charge in [-0.25, -0.2) is 0 Å². The van der Waals surface area contributed by atoms with E-state index in [9.17, 15) is 10.1 Å². The van der Waals surface area contributed by atoms with Crippen LogP contribution in [0.2, 0.25) is 0 Å². The van der Waals surface area contributed by atoms with Gasteiger partial charge in [-0.2, -0.15) is 5.26 Å². The minimum atomic E-state index is -0.189. The lowest BCUT2D eigenvalue weighted by molar-refractivity contribution is -0.127. The van der Waals surface area contributed by atoms with Crippen molar-refractivity contribution in [3.8, 4) is 17.6 Å². The molecule has 2 aliphatic heterocycles. The largest absolute Gasteiger partial charge is 0.454 e. The Bertz CT molecular complexity index is 658. The molecule has 1 N–H and O–H groups in total. The van der Waals surface area contributed by atoms with Crippen molar-refractivity contribution in [2.75, 3.05) is 19.9 Å². The minimum Gasteiger partial charge on any atom is -0.454 e. The summed E-state index contributed by atoms with van der Waals surface area (Å²) >= 11 is 0. The molecular formula is C17H19N3O3. The Morgan fingerprint density at radius 1 is 1.26 bits per heavy atom. The Morgan fingerprint density at radius 2 is 2.04 bits per heavy atom. The summed E-state index contributed by atoms with van der Waals surface area (Å²) in [5.41, 5.74) is 1.14. The molecule has 1 aromatic rings. The van der Waals surface area contributed by atoms with E-state index < -0.39 is 0 Å². The number of hydrogen-bond acceptors (Lipinski definition) is 5. The van der Waals surface area contributed by atoms with Crippen LogP contribution in [0.3, 0.4) is 0 Å². The van der Waals surface area contributed by atoms with Crippen molar-refractivity contribution in [3.05, 3.63) is 35.5 Å². The van der Waals surface area contributed by atoms with Gasteiger partial charge in [0.1, 0.15) is 11.6 Å². The molecule has 0 aromatic heterocycles. The van der Waals surface area contributed by atoms with Crippen LogP contribution in [-0.4, -0.2) is 30.7 Å². The van der Waals surface area contributed by atoms with Gasteiger partial charge in [0.05, 0.1) is 0 Å². The van der Waals surface area contributed by atoms with Gasteiger partial charge in [0.25, 0.3) is 5.91 Å². The maximum Gasteiger partial charge on any atom is 0.265 e. The lowest BCUT2D eigenvalue weighted by Gasteiger charge is -2.26. The van der Waals surface area contributed by atoms with Gasteiger partial charge >= 0.3 is 0 Å². The lowest BCUT2D eigenvalue weighted by Crippen LogP contribution is -2.36. The molecule has 1 aromatic carbocycles. The molecule has 0 atom stereocenters. The second-order valence-corrected chi connectivity index (χ2v) is 5.59. The first-order valence-electron chi connectivity index (χ1n) is 7.79. The highest BCUT2D eigenvalue weighted by atomic mass is 16.7. The second-order valence-electron chi connectivity index (χ2n) is 5.59. The highest BCUT2D eigenvalue weighted by molar-refractivity contribution is 5.97. The molecule has 1 saturated heterocycles. The van der Waals surface area contributed by atoms with Gasteiger partial charge < -0.3 is 19.7 Å². The van der Waals surface area contributed by atoms with Crippen LogP contribution in [0.25, 0.3) is 0 Å². The number of nitriles is 1. The van der Waals surface area contributed by atoms with Crippen molar-refractivity contribution in [2.24, 2.45) is 0 Å². The Kier molecular flexibility index (Phi) is 4.67. The van der Waals surface area contributed by atoms with Crippen LogP contribution in [0.15, 0.2) is 30.0 Å². The fourth-order valence-corrected chi connectivity index (χ4v) is 2.73. The van der Waals surface area contributed by atoms with Gasteiger partial charge in [0, 0.05) is 25.8 Å². The Morgan fingerprint density at radius 3 is 2.83 bits per heavy atom. The lowest BCUT2D eigenvalue weighted by atomic mass is 10.1. The zero-order chi connectivity index (χ0) is 16.1. The molecule has 1 fully saturated rings. The van der Waals surface area contributed by atoms with Crippen LogP contribution in [0.1, 0.15) is 24.8 Å². The van der Waals surface area contributed by atoms with Crippen LogP contribution in [0, 0.1) is 11.3 Å². The molecule has 0 unspecified atom stereocenters. The highest BCUT2D eigenvalue weighted by Crippen LogP contribution is 2.32. The number of nitrogens with zero attached hydrogens (tertiary/aromatic N) is 2. The SMILES string of the molecule is N#C/C(=C/NCc1ccc2c(c1)OCO2)C(=O)N1CCCCC1. The van der Waals surface area contributed by atoms with E-state index in [1.807, 2.05) is 24.3 Å². The number of fused-ring (bicyclic) bond motifs is 1. The number of carbonyl (C=O) groups is 1. The summed E-state index contributed by atoms with van der Waals surface area (Å²) in [5.74, 6) is 1.27. The third-order valence-electron chi connectivity index (χ3n) is 3.98. The van der Waals surface area contributed by atoms with Gasteiger partial charge in [-0.1, -0.05) is 6.07 Å².